The van der Waals surface area contributed by atoms with Crippen LogP contribution in [0.25, 0.3) is 11.1 Å². The predicted octanol–water partition coefficient (Wildman–Crippen LogP) is 5.25. The van der Waals surface area contributed by atoms with Gasteiger partial charge < -0.3 is 4.74 Å². The quantitative estimate of drug-likeness (QED) is 0.619. The van der Waals surface area contributed by atoms with E-state index in [1.165, 1.54) is 0 Å². The third-order valence-electron chi connectivity index (χ3n) is 5.15. The van der Waals surface area contributed by atoms with Crippen LogP contribution >= 0.6 is 0 Å². The van der Waals surface area contributed by atoms with Crippen molar-refractivity contribution in [2.45, 2.75) is 25.3 Å². The van der Waals surface area contributed by atoms with E-state index >= 15 is 0 Å². The zero-order valence-electron chi connectivity index (χ0n) is 15.6. The van der Waals surface area contributed by atoms with Gasteiger partial charge in [-0.15, -0.1) is 0 Å². The minimum Gasteiger partial charge on any atom is -0.349 e. The summed E-state index contributed by atoms with van der Waals surface area (Å²) in [6, 6.07) is 24.9. The summed E-state index contributed by atoms with van der Waals surface area (Å²) >= 11 is 0. The first-order valence-corrected chi connectivity index (χ1v) is 9.39. The molecule has 1 aliphatic heterocycles. The summed E-state index contributed by atoms with van der Waals surface area (Å²) in [5.41, 5.74) is 4.71. The molecule has 1 heterocycles. The SMILES string of the molecule is CC(=O)c1ccc(-c2ccc([C@H]3OC(c4ccccc4)N[C@@H]3CF)cc2)cc1. The summed E-state index contributed by atoms with van der Waals surface area (Å²) in [5, 5.41) is 3.24. The molecule has 142 valence electrons. The molecule has 1 unspecified atom stereocenters. The Labute approximate surface area is 164 Å². The second-order valence-electron chi connectivity index (χ2n) is 7.03. The van der Waals surface area contributed by atoms with E-state index in [9.17, 15) is 9.18 Å². The van der Waals surface area contributed by atoms with Crippen LogP contribution in [0.15, 0.2) is 78.9 Å². The van der Waals surface area contributed by atoms with Crippen molar-refractivity contribution in [2.75, 3.05) is 6.67 Å². The molecule has 28 heavy (non-hydrogen) atoms. The normalized spacial score (nSPS) is 21.6. The number of alkyl halides is 1. The first-order valence-electron chi connectivity index (χ1n) is 9.39. The number of hydrogen-bond acceptors (Lipinski definition) is 3. The summed E-state index contributed by atoms with van der Waals surface area (Å²) in [4.78, 5) is 11.4. The number of carbonyl (C=O) groups excluding carboxylic acids is 1. The van der Waals surface area contributed by atoms with Gasteiger partial charge in [0.2, 0.25) is 0 Å². The Morgan fingerprint density at radius 1 is 0.893 bits per heavy atom. The van der Waals surface area contributed by atoms with Crippen LogP contribution in [0.3, 0.4) is 0 Å². The van der Waals surface area contributed by atoms with Gasteiger partial charge in [0.1, 0.15) is 19.0 Å². The van der Waals surface area contributed by atoms with E-state index in [4.69, 9.17) is 4.74 Å². The van der Waals surface area contributed by atoms with Crippen LogP contribution in [-0.4, -0.2) is 18.5 Å². The van der Waals surface area contributed by atoms with Crippen molar-refractivity contribution in [3.8, 4) is 11.1 Å². The Balaban J connectivity index is 1.53. The number of carbonyl (C=O) groups is 1. The van der Waals surface area contributed by atoms with E-state index in [0.717, 1.165) is 22.3 Å². The van der Waals surface area contributed by atoms with Crippen molar-refractivity contribution in [2.24, 2.45) is 0 Å². The molecule has 1 aliphatic rings. The topological polar surface area (TPSA) is 38.3 Å². The second kappa shape index (κ2) is 8.05. The number of rotatable bonds is 5. The first-order chi connectivity index (χ1) is 13.7. The van der Waals surface area contributed by atoms with Crippen LogP contribution in [0.2, 0.25) is 0 Å². The lowest BCUT2D eigenvalue weighted by Crippen LogP contribution is -2.29. The lowest BCUT2D eigenvalue weighted by atomic mass is 9.98. The van der Waals surface area contributed by atoms with Gasteiger partial charge in [0, 0.05) is 5.56 Å². The van der Waals surface area contributed by atoms with Crippen LogP contribution in [-0.2, 0) is 4.74 Å². The van der Waals surface area contributed by atoms with Crippen LogP contribution < -0.4 is 5.32 Å². The average Bonchev–Trinajstić information content (AvgIpc) is 3.19. The largest absolute Gasteiger partial charge is 0.349 e. The van der Waals surface area contributed by atoms with Crippen LogP contribution in [0.4, 0.5) is 4.39 Å². The molecule has 1 N–H and O–H groups in total. The maximum atomic E-state index is 13.6. The number of nitrogens with one attached hydrogen (secondary N) is 1. The van der Waals surface area contributed by atoms with Gasteiger partial charge in [-0.25, -0.2) is 4.39 Å². The highest BCUT2D eigenvalue weighted by Crippen LogP contribution is 2.36. The van der Waals surface area contributed by atoms with Crippen molar-refractivity contribution in [3.05, 3.63) is 95.6 Å². The molecule has 4 heteroatoms. The third-order valence-corrected chi connectivity index (χ3v) is 5.15. The standard InChI is InChI=1S/C24H22FNO2/c1-16(27)17-7-9-18(10-8-17)19-11-13-20(14-12-19)23-22(15-25)26-24(28-23)21-5-3-2-4-6-21/h2-14,22-24,26H,15H2,1H3/t22-,23-,24?/m1/s1. The van der Waals surface area contributed by atoms with Gasteiger partial charge in [-0.1, -0.05) is 78.9 Å². The van der Waals surface area contributed by atoms with E-state index in [1.54, 1.807) is 6.92 Å². The van der Waals surface area contributed by atoms with Gasteiger partial charge in [0.05, 0.1) is 6.04 Å². The molecule has 0 radical (unpaired) electrons. The summed E-state index contributed by atoms with van der Waals surface area (Å²) in [5.74, 6) is 0.0537. The molecule has 1 fully saturated rings. The van der Waals surface area contributed by atoms with Crippen molar-refractivity contribution < 1.29 is 13.9 Å². The predicted molar refractivity (Wildman–Crippen MR) is 108 cm³/mol. The molecule has 3 aromatic rings. The fraction of sp³-hybridized carbons (Fsp3) is 0.208. The Morgan fingerprint density at radius 3 is 2.07 bits per heavy atom. The molecule has 0 aliphatic carbocycles. The maximum Gasteiger partial charge on any atom is 0.159 e. The van der Waals surface area contributed by atoms with E-state index < -0.39 is 6.67 Å². The summed E-state index contributed by atoms with van der Waals surface area (Å²) in [6.07, 6.45) is -0.657. The van der Waals surface area contributed by atoms with Crippen molar-refractivity contribution in [1.82, 2.24) is 5.32 Å². The molecule has 0 amide bonds. The number of ketones is 1. The van der Waals surface area contributed by atoms with Gasteiger partial charge in [-0.3, -0.25) is 10.1 Å². The number of Topliss-reactive ketones (excluding diaryl/α,β-unsaturated/α-hetero) is 1. The lowest BCUT2D eigenvalue weighted by Gasteiger charge is -2.16. The first kappa shape index (κ1) is 18.5. The minimum atomic E-state index is -0.498. The Kier molecular flexibility index (Phi) is 5.33. The zero-order chi connectivity index (χ0) is 19.5. The van der Waals surface area contributed by atoms with Crippen molar-refractivity contribution in [3.63, 3.8) is 0 Å². The van der Waals surface area contributed by atoms with E-state index in [0.29, 0.717) is 5.56 Å². The second-order valence-corrected chi connectivity index (χ2v) is 7.03. The smallest absolute Gasteiger partial charge is 0.159 e. The number of hydrogen-bond donors (Lipinski definition) is 1. The molecule has 0 bridgehead atoms. The Bertz CT molecular complexity index is 939. The zero-order valence-corrected chi connectivity index (χ0v) is 15.6. The molecule has 0 saturated carbocycles. The van der Waals surface area contributed by atoms with Gasteiger partial charge in [0.15, 0.2) is 5.78 Å². The van der Waals surface area contributed by atoms with Crippen molar-refractivity contribution >= 4 is 5.78 Å². The lowest BCUT2D eigenvalue weighted by molar-refractivity contribution is 0.0341. The van der Waals surface area contributed by atoms with Gasteiger partial charge >= 0.3 is 0 Å². The highest BCUT2D eigenvalue weighted by molar-refractivity contribution is 5.94. The van der Waals surface area contributed by atoms with Gasteiger partial charge in [0.25, 0.3) is 0 Å². The molecular weight excluding hydrogens is 353 g/mol. The maximum absolute atomic E-state index is 13.6. The van der Waals surface area contributed by atoms with Crippen LogP contribution in [0.1, 0.15) is 40.7 Å². The van der Waals surface area contributed by atoms with E-state index in [2.05, 4.69) is 5.32 Å². The molecule has 1 saturated heterocycles. The molecule has 3 atom stereocenters. The average molecular weight is 375 g/mol. The molecule has 0 aromatic heterocycles. The van der Waals surface area contributed by atoms with Crippen LogP contribution in [0.5, 0.6) is 0 Å². The summed E-state index contributed by atoms with van der Waals surface area (Å²) in [7, 11) is 0. The molecule has 3 aromatic carbocycles. The fourth-order valence-corrected chi connectivity index (χ4v) is 3.56. The highest BCUT2D eigenvalue weighted by Gasteiger charge is 2.36. The highest BCUT2D eigenvalue weighted by atomic mass is 19.1. The van der Waals surface area contributed by atoms with Crippen molar-refractivity contribution in [1.29, 1.82) is 0 Å². The van der Waals surface area contributed by atoms with Crippen LogP contribution in [0, 0.1) is 0 Å². The molecular formula is C24H22FNO2. The van der Waals surface area contributed by atoms with E-state index in [1.807, 2.05) is 78.9 Å². The minimum absolute atomic E-state index is 0.0537. The Morgan fingerprint density at radius 2 is 1.50 bits per heavy atom. The van der Waals surface area contributed by atoms with E-state index in [-0.39, 0.29) is 24.2 Å². The Hall–Kier alpha value is -2.82. The van der Waals surface area contributed by atoms with Gasteiger partial charge in [-0.2, -0.15) is 0 Å². The van der Waals surface area contributed by atoms with Gasteiger partial charge in [-0.05, 0) is 29.2 Å². The number of halogens is 1. The number of benzene rings is 3. The summed E-state index contributed by atoms with van der Waals surface area (Å²) in [6.45, 7) is 1.06. The molecule has 4 rings (SSSR count). The fourth-order valence-electron chi connectivity index (χ4n) is 3.56. The number of ether oxygens (including phenoxy) is 1. The molecule has 3 nitrogen and oxygen atoms in total. The summed E-state index contributed by atoms with van der Waals surface area (Å²) < 4.78 is 19.7. The monoisotopic (exact) mass is 375 g/mol. The third kappa shape index (κ3) is 3.75. The molecule has 0 spiro atoms.